The first kappa shape index (κ1) is 15.9. The van der Waals surface area contributed by atoms with E-state index in [0.29, 0.717) is 0 Å². The summed E-state index contributed by atoms with van der Waals surface area (Å²) in [7, 11) is 1.60. The van der Waals surface area contributed by atoms with Crippen molar-refractivity contribution in [3.05, 3.63) is 30.5 Å². The summed E-state index contributed by atoms with van der Waals surface area (Å²) in [6.45, 7) is 3.58. The van der Waals surface area contributed by atoms with Crippen LogP contribution in [0.2, 0.25) is 0 Å². The summed E-state index contributed by atoms with van der Waals surface area (Å²) < 4.78 is 7.05. The summed E-state index contributed by atoms with van der Waals surface area (Å²) in [5, 5.41) is 12.6. The molecule has 0 aliphatic carbocycles. The molecule has 0 fully saturated rings. The molecule has 0 aliphatic heterocycles. The van der Waals surface area contributed by atoms with Gasteiger partial charge in [-0.2, -0.15) is 0 Å². The lowest BCUT2D eigenvalue weighted by atomic mass is 10.1. The van der Waals surface area contributed by atoms with E-state index in [4.69, 9.17) is 9.84 Å². The number of ether oxygens (including phenoxy) is 1. The highest BCUT2D eigenvalue weighted by Gasteiger charge is 2.23. The van der Waals surface area contributed by atoms with Crippen LogP contribution in [0.15, 0.2) is 30.5 Å². The number of nitrogens with one attached hydrogen (secondary N) is 1. The van der Waals surface area contributed by atoms with Crippen molar-refractivity contribution in [3.63, 3.8) is 0 Å². The van der Waals surface area contributed by atoms with E-state index in [-0.39, 0.29) is 18.4 Å². The number of nitrogens with zero attached hydrogens (tertiary/aromatic N) is 1. The van der Waals surface area contributed by atoms with Crippen molar-refractivity contribution in [2.45, 2.75) is 26.4 Å². The van der Waals surface area contributed by atoms with Crippen LogP contribution in [0.25, 0.3) is 10.9 Å². The maximum atomic E-state index is 12.1. The highest BCUT2D eigenvalue weighted by molar-refractivity contribution is 5.89. The highest BCUT2D eigenvalue weighted by atomic mass is 16.5. The largest absolute Gasteiger partial charge is 0.496 e. The Morgan fingerprint density at radius 1 is 1.32 bits per heavy atom. The molecule has 1 heterocycles. The number of aliphatic carboxylic acids is 1. The summed E-state index contributed by atoms with van der Waals surface area (Å²) in [6.07, 6.45) is 1.79. The molecule has 0 spiro atoms. The topological polar surface area (TPSA) is 80.6 Å². The second-order valence-corrected chi connectivity index (χ2v) is 5.46. The third-order valence-corrected chi connectivity index (χ3v) is 3.56. The molecular weight excluding hydrogens is 284 g/mol. The van der Waals surface area contributed by atoms with Crippen LogP contribution in [-0.2, 0) is 16.1 Å². The first-order valence-corrected chi connectivity index (χ1v) is 7.08. The number of fused-ring (bicyclic) bond motifs is 1. The molecule has 6 heteroatoms. The molecule has 0 bridgehead atoms. The van der Waals surface area contributed by atoms with Crippen molar-refractivity contribution in [2.75, 3.05) is 7.11 Å². The van der Waals surface area contributed by atoms with E-state index in [9.17, 15) is 9.59 Å². The molecule has 2 rings (SSSR count). The van der Waals surface area contributed by atoms with Gasteiger partial charge in [-0.15, -0.1) is 0 Å². The van der Waals surface area contributed by atoms with Crippen LogP contribution in [0.1, 0.15) is 13.8 Å². The lowest BCUT2D eigenvalue weighted by Gasteiger charge is -2.18. The minimum Gasteiger partial charge on any atom is -0.496 e. The second-order valence-electron chi connectivity index (χ2n) is 5.46. The monoisotopic (exact) mass is 304 g/mol. The van der Waals surface area contributed by atoms with E-state index >= 15 is 0 Å². The molecule has 6 nitrogen and oxygen atoms in total. The van der Waals surface area contributed by atoms with Crippen molar-refractivity contribution in [1.82, 2.24) is 9.88 Å². The van der Waals surface area contributed by atoms with E-state index in [1.54, 1.807) is 31.7 Å². The third-order valence-electron chi connectivity index (χ3n) is 3.56. The van der Waals surface area contributed by atoms with Crippen molar-refractivity contribution >= 4 is 22.8 Å². The molecule has 1 atom stereocenters. The predicted octanol–water partition coefficient (Wildman–Crippen LogP) is 1.88. The van der Waals surface area contributed by atoms with Crippen LogP contribution >= 0.6 is 0 Å². The number of aromatic nitrogens is 1. The van der Waals surface area contributed by atoms with E-state index in [1.165, 1.54) is 0 Å². The summed E-state index contributed by atoms with van der Waals surface area (Å²) in [4.78, 5) is 23.2. The van der Waals surface area contributed by atoms with Gasteiger partial charge in [-0.1, -0.05) is 19.9 Å². The highest BCUT2D eigenvalue weighted by Crippen LogP contribution is 2.26. The lowest BCUT2D eigenvalue weighted by Crippen LogP contribution is -2.45. The number of hydrogen-bond donors (Lipinski definition) is 2. The van der Waals surface area contributed by atoms with Gasteiger partial charge in [0.2, 0.25) is 5.91 Å². The predicted molar refractivity (Wildman–Crippen MR) is 82.9 cm³/mol. The van der Waals surface area contributed by atoms with Gasteiger partial charge in [0.05, 0.1) is 12.6 Å². The average molecular weight is 304 g/mol. The molecule has 2 N–H and O–H groups in total. The quantitative estimate of drug-likeness (QED) is 0.854. The molecule has 1 aromatic carbocycles. The number of rotatable bonds is 6. The Morgan fingerprint density at radius 3 is 2.64 bits per heavy atom. The molecule has 2 aromatic rings. The van der Waals surface area contributed by atoms with Gasteiger partial charge in [0.25, 0.3) is 0 Å². The van der Waals surface area contributed by atoms with E-state index in [1.807, 2.05) is 24.3 Å². The normalized spacial score (nSPS) is 12.4. The van der Waals surface area contributed by atoms with Gasteiger partial charge in [0, 0.05) is 11.6 Å². The van der Waals surface area contributed by atoms with Crippen molar-refractivity contribution in [1.29, 1.82) is 0 Å². The van der Waals surface area contributed by atoms with Crippen LogP contribution in [0, 0.1) is 5.92 Å². The molecular formula is C16H20N2O4. The Bertz CT molecular complexity index is 691. The number of carboxylic acids is 1. The number of hydrogen-bond acceptors (Lipinski definition) is 3. The Kier molecular flexibility index (Phi) is 4.70. The molecule has 0 saturated carbocycles. The molecule has 0 radical (unpaired) electrons. The minimum atomic E-state index is -1.03. The van der Waals surface area contributed by atoms with Crippen molar-refractivity contribution < 1.29 is 19.4 Å². The Morgan fingerprint density at radius 2 is 2.05 bits per heavy atom. The SMILES string of the molecule is COc1cccc2c1ccn2CC(=O)N[C@@H](C(=O)O)C(C)C. The number of benzene rings is 1. The fourth-order valence-electron chi connectivity index (χ4n) is 2.40. The zero-order valence-electron chi connectivity index (χ0n) is 12.9. The molecule has 1 aromatic heterocycles. The average Bonchev–Trinajstić information content (AvgIpc) is 2.87. The van der Waals surface area contributed by atoms with E-state index < -0.39 is 12.0 Å². The smallest absolute Gasteiger partial charge is 0.326 e. The minimum absolute atomic E-state index is 0.0627. The lowest BCUT2D eigenvalue weighted by molar-refractivity contribution is -0.143. The first-order chi connectivity index (χ1) is 10.4. The Labute approximate surface area is 128 Å². The standard InChI is InChI=1S/C16H20N2O4/c1-10(2)15(16(20)21)17-14(19)9-18-8-7-11-12(18)5-4-6-13(11)22-3/h4-8,10,15H,9H2,1-3H3,(H,17,19)(H,20,21)/t15-/m1/s1. The van der Waals surface area contributed by atoms with E-state index in [2.05, 4.69) is 5.32 Å². The number of carbonyl (C=O) groups excluding carboxylic acids is 1. The number of carbonyl (C=O) groups is 2. The first-order valence-electron chi connectivity index (χ1n) is 7.08. The molecule has 0 saturated heterocycles. The Hall–Kier alpha value is -2.50. The van der Waals surface area contributed by atoms with Crippen LogP contribution < -0.4 is 10.1 Å². The van der Waals surface area contributed by atoms with Gasteiger partial charge >= 0.3 is 5.97 Å². The van der Waals surface area contributed by atoms with Gasteiger partial charge < -0.3 is 19.7 Å². The maximum absolute atomic E-state index is 12.1. The van der Waals surface area contributed by atoms with Crippen LogP contribution in [0.5, 0.6) is 5.75 Å². The van der Waals surface area contributed by atoms with Gasteiger partial charge in [-0.3, -0.25) is 4.79 Å². The molecule has 1 amide bonds. The molecule has 22 heavy (non-hydrogen) atoms. The van der Waals surface area contributed by atoms with Crippen molar-refractivity contribution in [3.8, 4) is 5.75 Å². The Balaban J connectivity index is 2.17. The fraction of sp³-hybridized carbons (Fsp3) is 0.375. The van der Waals surface area contributed by atoms with Gasteiger partial charge in [0.1, 0.15) is 18.3 Å². The van der Waals surface area contributed by atoms with Gasteiger partial charge in [-0.05, 0) is 24.1 Å². The van der Waals surface area contributed by atoms with Crippen molar-refractivity contribution in [2.24, 2.45) is 5.92 Å². The van der Waals surface area contributed by atoms with Crippen LogP contribution in [-0.4, -0.2) is 34.7 Å². The molecule has 0 unspecified atom stereocenters. The van der Waals surface area contributed by atoms with E-state index in [0.717, 1.165) is 16.7 Å². The summed E-state index contributed by atoms with van der Waals surface area (Å²) in [5.74, 6) is -0.797. The zero-order chi connectivity index (χ0) is 16.3. The summed E-state index contributed by atoms with van der Waals surface area (Å²) in [5.41, 5.74) is 0.867. The number of methoxy groups -OCH3 is 1. The van der Waals surface area contributed by atoms with Crippen LogP contribution in [0.3, 0.4) is 0 Å². The molecule has 118 valence electrons. The fourth-order valence-corrected chi connectivity index (χ4v) is 2.40. The maximum Gasteiger partial charge on any atom is 0.326 e. The molecule has 0 aliphatic rings. The summed E-state index contributed by atoms with van der Waals surface area (Å²) >= 11 is 0. The van der Waals surface area contributed by atoms with Gasteiger partial charge in [0.15, 0.2) is 0 Å². The number of amides is 1. The second kappa shape index (κ2) is 6.51. The third kappa shape index (κ3) is 3.21. The zero-order valence-corrected chi connectivity index (χ0v) is 12.9. The van der Waals surface area contributed by atoms with Crippen LogP contribution in [0.4, 0.5) is 0 Å². The van der Waals surface area contributed by atoms with Gasteiger partial charge in [-0.25, -0.2) is 4.79 Å². The number of carboxylic acid groups (broad SMARTS) is 1. The summed E-state index contributed by atoms with van der Waals surface area (Å²) in [6, 6.07) is 6.58.